The fourth-order valence-electron chi connectivity index (χ4n) is 5.24. The summed E-state index contributed by atoms with van der Waals surface area (Å²) < 4.78 is 0. The molecule has 4 aromatic carbocycles. The minimum Gasteiger partial charge on any atom is -0.327 e. The number of likely N-dealkylation sites (tertiary alicyclic amines) is 1. The number of rotatable bonds is 7. The molecule has 1 fully saturated rings. The lowest BCUT2D eigenvalue weighted by Crippen LogP contribution is -2.46. The van der Waals surface area contributed by atoms with Gasteiger partial charge in [0.2, 0.25) is 0 Å². The topological polar surface area (TPSA) is 35.6 Å². The zero-order valence-corrected chi connectivity index (χ0v) is 20.7. The number of amides is 2. The lowest BCUT2D eigenvalue weighted by Gasteiger charge is -2.31. The Morgan fingerprint density at radius 2 is 1.14 bits per heavy atom. The van der Waals surface area contributed by atoms with E-state index in [2.05, 4.69) is 95.1 Å². The molecular formula is C32H33N3O. The molecule has 1 N–H and O–H groups in total. The summed E-state index contributed by atoms with van der Waals surface area (Å²) in [6, 6.07) is 41.8. The Bertz CT molecular complexity index is 1150. The van der Waals surface area contributed by atoms with Gasteiger partial charge in [0.1, 0.15) is 0 Å². The third-order valence-electron chi connectivity index (χ3n) is 7.19. The molecule has 182 valence electrons. The molecule has 1 aliphatic heterocycles. The van der Waals surface area contributed by atoms with Gasteiger partial charge in [-0.05, 0) is 28.7 Å². The van der Waals surface area contributed by atoms with E-state index in [1.807, 2.05) is 48.3 Å². The number of nitrogens with one attached hydrogen (secondary N) is 1. The summed E-state index contributed by atoms with van der Waals surface area (Å²) in [5.74, 6) is 0. The van der Waals surface area contributed by atoms with Crippen molar-refractivity contribution >= 4 is 6.03 Å². The Morgan fingerprint density at radius 1 is 0.722 bits per heavy atom. The summed E-state index contributed by atoms with van der Waals surface area (Å²) in [5.41, 5.74) is 4.72. The van der Waals surface area contributed by atoms with Gasteiger partial charge in [-0.15, -0.1) is 0 Å². The van der Waals surface area contributed by atoms with Crippen LogP contribution < -0.4 is 5.32 Å². The maximum Gasteiger partial charge on any atom is 0.318 e. The van der Waals surface area contributed by atoms with Gasteiger partial charge in [0.25, 0.3) is 0 Å². The van der Waals surface area contributed by atoms with Crippen LogP contribution >= 0.6 is 0 Å². The zero-order chi connectivity index (χ0) is 24.7. The number of urea groups is 1. The highest BCUT2D eigenvalue weighted by molar-refractivity contribution is 5.75. The molecule has 2 amide bonds. The van der Waals surface area contributed by atoms with E-state index in [1.165, 1.54) is 11.1 Å². The highest BCUT2D eigenvalue weighted by Gasteiger charge is 2.34. The number of hydrogen-bond acceptors (Lipinski definition) is 2. The zero-order valence-electron chi connectivity index (χ0n) is 20.7. The van der Waals surface area contributed by atoms with Crippen molar-refractivity contribution in [2.75, 3.05) is 20.1 Å². The molecule has 0 bridgehead atoms. The van der Waals surface area contributed by atoms with Crippen molar-refractivity contribution in [1.82, 2.24) is 15.1 Å². The van der Waals surface area contributed by atoms with Crippen molar-refractivity contribution in [1.29, 1.82) is 0 Å². The maximum atomic E-state index is 13.5. The molecule has 4 heteroatoms. The van der Waals surface area contributed by atoms with Crippen LogP contribution in [0.25, 0.3) is 0 Å². The van der Waals surface area contributed by atoms with Crippen LogP contribution in [0.4, 0.5) is 4.79 Å². The molecule has 0 unspecified atom stereocenters. The first-order chi connectivity index (χ1) is 17.7. The van der Waals surface area contributed by atoms with Crippen molar-refractivity contribution in [3.8, 4) is 0 Å². The number of likely N-dealkylation sites (N-methyl/N-ethyl adjacent to an activating group) is 1. The molecule has 0 spiro atoms. The molecule has 4 aromatic rings. The Hall–Kier alpha value is -3.89. The van der Waals surface area contributed by atoms with E-state index in [0.29, 0.717) is 0 Å². The van der Waals surface area contributed by atoms with Gasteiger partial charge < -0.3 is 10.2 Å². The van der Waals surface area contributed by atoms with Gasteiger partial charge in [0.15, 0.2) is 0 Å². The molecule has 1 saturated heterocycles. The van der Waals surface area contributed by atoms with Crippen molar-refractivity contribution < 1.29 is 4.79 Å². The van der Waals surface area contributed by atoms with Crippen molar-refractivity contribution in [3.05, 3.63) is 144 Å². The summed E-state index contributed by atoms with van der Waals surface area (Å²) >= 11 is 0. The van der Waals surface area contributed by atoms with Crippen LogP contribution in [0.1, 0.15) is 40.8 Å². The molecule has 5 rings (SSSR count). The fraction of sp³-hybridized carbons (Fsp3) is 0.219. The molecule has 1 atom stereocenters. The summed E-state index contributed by atoms with van der Waals surface area (Å²) in [7, 11) is 1.93. The Kier molecular flexibility index (Phi) is 7.44. The van der Waals surface area contributed by atoms with E-state index < -0.39 is 0 Å². The standard InChI is InChI=1S/C32H33N3O/c1-34(32(36)33-30(25-14-6-2-7-15-25)26-16-8-3-9-17-26)29-22-23-35(24-29)31(27-18-10-4-11-19-27)28-20-12-5-13-21-28/h2-21,29-31H,22-24H2,1H3,(H,33,36)/t29-/m1/s1. The summed E-state index contributed by atoms with van der Waals surface area (Å²) in [6.45, 7) is 1.78. The molecule has 4 nitrogen and oxygen atoms in total. The third-order valence-corrected chi connectivity index (χ3v) is 7.19. The first-order valence-electron chi connectivity index (χ1n) is 12.7. The second-order valence-electron chi connectivity index (χ2n) is 9.48. The Morgan fingerprint density at radius 3 is 1.58 bits per heavy atom. The average Bonchev–Trinajstić information content (AvgIpc) is 3.43. The number of benzene rings is 4. The molecule has 0 saturated carbocycles. The van der Waals surface area contributed by atoms with Gasteiger partial charge in [-0.25, -0.2) is 4.79 Å². The van der Waals surface area contributed by atoms with Crippen LogP contribution in [0, 0.1) is 0 Å². The van der Waals surface area contributed by atoms with E-state index in [-0.39, 0.29) is 24.2 Å². The molecule has 0 radical (unpaired) electrons. The Labute approximate surface area is 214 Å². The normalized spacial score (nSPS) is 15.8. The van der Waals surface area contributed by atoms with Crippen molar-refractivity contribution in [2.24, 2.45) is 0 Å². The van der Waals surface area contributed by atoms with Gasteiger partial charge in [0.05, 0.1) is 12.1 Å². The lowest BCUT2D eigenvalue weighted by molar-refractivity contribution is 0.183. The van der Waals surface area contributed by atoms with Crippen LogP contribution in [0.2, 0.25) is 0 Å². The van der Waals surface area contributed by atoms with Crippen molar-refractivity contribution in [3.63, 3.8) is 0 Å². The molecule has 0 aliphatic carbocycles. The van der Waals surface area contributed by atoms with Gasteiger partial charge in [-0.2, -0.15) is 0 Å². The third kappa shape index (κ3) is 5.34. The van der Waals surface area contributed by atoms with Crippen LogP contribution in [-0.4, -0.2) is 42.0 Å². The fourth-order valence-corrected chi connectivity index (χ4v) is 5.24. The second kappa shape index (κ2) is 11.2. The van der Waals surface area contributed by atoms with E-state index in [1.54, 1.807) is 0 Å². The number of carbonyl (C=O) groups is 1. The largest absolute Gasteiger partial charge is 0.327 e. The van der Waals surface area contributed by atoms with E-state index in [0.717, 1.165) is 30.6 Å². The minimum absolute atomic E-state index is 0.0458. The van der Waals surface area contributed by atoms with Crippen molar-refractivity contribution in [2.45, 2.75) is 24.5 Å². The second-order valence-corrected chi connectivity index (χ2v) is 9.48. The summed E-state index contributed by atoms with van der Waals surface area (Å²) in [5, 5.41) is 3.30. The summed E-state index contributed by atoms with van der Waals surface area (Å²) in [6.07, 6.45) is 0.946. The van der Waals surface area contributed by atoms with Gasteiger partial charge >= 0.3 is 6.03 Å². The first-order valence-corrected chi connectivity index (χ1v) is 12.7. The van der Waals surface area contributed by atoms with Gasteiger partial charge in [0, 0.05) is 26.2 Å². The maximum absolute atomic E-state index is 13.5. The lowest BCUT2D eigenvalue weighted by atomic mass is 9.97. The quantitative estimate of drug-likeness (QED) is 0.341. The van der Waals surface area contributed by atoms with Gasteiger partial charge in [-0.3, -0.25) is 4.90 Å². The Balaban J connectivity index is 1.32. The highest BCUT2D eigenvalue weighted by atomic mass is 16.2. The highest BCUT2D eigenvalue weighted by Crippen LogP contribution is 2.32. The van der Waals surface area contributed by atoms with E-state index in [4.69, 9.17) is 0 Å². The average molecular weight is 476 g/mol. The number of nitrogens with zero attached hydrogens (tertiary/aromatic N) is 2. The van der Waals surface area contributed by atoms with Crippen LogP contribution in [0.15, 0.2) is 121 Å². The van der Waals surface area contributed by atoms with E-state index >= 15 is 0 Å². The number of carbonyl (C=O) groups excluding carboxylic acids is 1. The van der Waals surface area contributed by atoms with Crippen LogP contribution in [0.5, 0.6) is 0 Å². The molecular weight excluding hydrogens is 442 g/mol. The molecule has 1 heterocycles. The molecule has 36 heavy (non-hydrogen) atoms. The SMILES string of the molecule is CN(C(=O)NC(c1ccccc1)c1ccccc1)[C@@H]1CCN(C(c2ccccc2)c2ccccc2)C1. The predicted octanol–water partition coefficient (Wildman–Crippen LogP) is 6.28. The van der Waals surface area contributed by atoms with Gasteiger partial charge in [-0.1, -0.05) is 121 Å². The van der Waals surface area contributed by atoms with E-state index in [9.17, 15) is 4.79 Å². The monoisotopic (exact) mass is 475 g/mol. The van der Waals surface area contributed by atoms with Crippen LogP contribution in [0.3, 0.4) is 0 Å². The van der Waals surface area contributed by atoms with Crippen LogP contribution in [-0.2, 0) is 0 Å². The predicted molar refractivity (Wildman–Crippen MR) is 146 cm³/mol. The smallest absolute Gasteiger partial charge is 0.318 e. The summed E-state index contributed by atoms with van der Waals surface area (Å²) in [4.78, 5) is 17.9. The first kappa shape index (κ1) is 23.8. The molecule has 0 aromatic heterocycles. The minimum atomic E-state index is -0.193. The number of hydrogen-bond donors (Lipinski definition) is 1. The molecule has 1 aliphatic rings.